The molecule has 20 heavy (non-hydrogen) atoms. The first kappa shape index (κ1) is 17.5. The highest BCUT2D eigenvalue weighted by Crippen LogP contribution is 2.27. The predicted octanol–water partition coefficient (Wildman–Crippen LogP) is 5.49. The minimum atomic E-state index is -0.0926. The van der Waals surface area contributed by atoms with Gasteiger partial charge in [0.25, 0.3) is 0 Å². The van der Waals surface area contributed by atoms with Crippen molar-refractivity contribution in [3.8, 4) is 0 Å². The van der Waals surface area contributed by atoms with Crippen LogP contribution >= 0.6 is 35.4 Å². The van der Waals surface area contributed by atoms with E-state index in [9.17, 15) is 0 Å². The highest BCUT2D eigenvalue weighted by Gasteiger charge is 2.25. The summed E-state index contributed by atoms with van der Waals surface area (Å²) in [5.41, 5.74) is 0.919. The van der Waals surface area contributed by atoms with E-state index in [0.29, 0.717) is 15.2 Å². The van der Waals surface area contributed by atoms with Crippen LogP contribution in [0.4, 0.5) is 5.69 Å². The lowest BCUT2D eigenvalue weighted by atomic mass is 9.82. The fourth-order valence-electron chi connectivity index (χ4n) is 2.47. The molecule has 0 fully saturated rings. The molecule has 0 unspecified atom stereocenters. The Morgan fingerprint density at radius 2 is 1.55 bits per heavy atom. The molecule has 0 heterocycles. The third kappa shape index (κ3) is 6.78. The third-order valence-corrected chi connectivity index (χ3v) is 3.19. The number of rotatable bonds is 3. The highest BCUT2D eigenvalue weighted by molar-refractivity contribution is 7.80. The lowest BCUT2D eigenvalue weighted by Crippen LogP contribution is -2.47. The Morgan fingerprint density at radius 3 is 2.00 bits per heavy atom. The molecule has 0 radical (unpaired) electrons. The number of hydrogen-bond donors (Lipinski definition) is 2. The molecule has 0 spiro atoms. The molecular formula is C15H22Cl2N2S. The van der Waals surface area contributed by atoms with Gasteiger partial charge in [-0.2, -0.15) is 0 Å². The fourth-order valence-corrected chi connectivity index (χ4v) is 3.39. The molecule has 2 N–H and O–H groups in total. The van der Waals surface area contributed by atoms with Crippen LogP contribution in [-0.2, 0) is 0 Å². The molecule has 1 aromatic rings. The minimum absolute atomic E-state index is 0.0926. The second-order valence-corrected chi connectivity index (χ2v) is 8.14. The summed E-state index contributed by atoms with van der Waals surface area (Å²) in [5.74, 6) is 0. The summed E-state index contributed by atoms with van der Waals surface area (Å²) in [6, 6.07) is 5.27. The van der Waals surface area contributed by atoms with E-state index in [4.69, 9.17) is 35.4 Å². The molecule has 5 heteroatoms. The van der Waals surface area contributed by atoms with Crippen molar-refractivity contribution in [2.75, 3.05) is 5.32 Å². The predicted molar refractivity (Wildman–Crippen MR) is 94.0 cm³/mol. The van der Waals surface area contributed by atoms with Crippen LogP contribution in [0, 0.1) is 5.41 Å². The van der Waals surface area contributed by atoms with Gasteiger partial charge in [0.1, 0.15) is 0 Å². The Labute approximate surface area is 137 Å². The van der Waals surface area contributed by atoms with Gasteiger partial charge in [-0.05, 0) is 56.1 Å². The van der Waals surface area contributed by atoms with Crippen molar-refractivity contribution >= 4 is 46.2 Å². The van der Waals surface area contributed by atoms with Crippen LogP contribution in [-0.4, -0.2) is 10.7 Å². The van der Waals surface area contributed by atoms with Crippen molar-refractivity contribution in [3.05, 3.63) is 28.2 Å². The van der Waals surface area contributed by atoms with E-state index < -0.39 is 0 Å². The topological polar surface area (TPSA) is 24.1 Å². The van der Waals surface area contributed by atoms with Crippen LogP contribution in [0.1, 0.15) is 41.0 Å². The first-order valence-electron chi connectivity index (χ1n) is 6.52. The SMILES string of the molecule is CC(C)(C)CC(C)(C)NC(=S)Nc1cc(Cl)cc(Cl)c1. The van der Waals surface area contributed by atoms with Crippen LogP contribution in [0.15, 0.2) is 18.2 Å². The molecule has 1 aromatic carbocycles. The number of thiocarbonyl (C=S) groups is 1. The maximum absolute atomic E-state index is 5.97. The van der Waals surface area contributed by atoms with E-state index in [1.54, 1.807) is 18.2 Å². The van der Waals surface area contributed by atoms with E-state index in [-0.39, 0.29) is 11.0 Å². The first-order chi connectivity index (χ1) is 8.97. The standard InChI is InChI=1S/C15H22Cl2N2S/c1-14(2,3)9-15(4,5)19-13(20)18-12-7-10(16)6-11(17)8-12/h6-8H,9H2,1-5H3,(H2,18,19,20). The van der Waals surface area contributed by atoms with Crippen LogP contribution < -0.4 is 10.6 Å². The average Bonchev–Trinajstić information content (AvgIpc) is 2.08. The Kier molecular flexibility index (Phi) is 5.70. The number of anilines is 1. The lowest BCUT2D eigenvalue weighted by Gasteiger charge is -2.34. The summed E-state index contributed by atoms with van der Waals surface area (Å²) in [4.78, 5) is 0. The summed E-state index contributed by atoms with van der Waals surface area (Å²) >= 11 is 17.3. The van der Waals surface area contributed by atoms with Crippen LogP contribution in [0.5, 0.6) is 0 Å². The molecule has 0 saturated heterocycles. The van der Waals surface area contributed by atoms with Crippen molar-refractivity contribution < 1.29 is 0 Å². The van der Waals surface area contributed by atoms with Gasteiger partial charge in [-0.1, -0.05) is 44.0 Å². The molecule has 0 bridgehead atoms. The second-order valence-electron chi connectivity index (χ2n) is 6.86. The normalized spacial score (nSPS) is 12.2. The van der Waals surface area contributed by atoms with Gasteiger partial charge in [0.15, 0.2) is 5.11 Å². The molecule has 112 valence electrons. The van der Waals surface area contributed by atoms with Gasteiger partial charge < -0.3 is 10.6 Å². The van der Waals surface area contributed by atoms with Crippen LogP contribution in [0.3, 0.4) is 0 Å². The molecule has 0 amide bonds. The maximum atomic E-state index is 5.97. The zero-order valence-electron chi connectivity index (χ0n) is 12.6. The van der Waals surface area contributed by atoms with Gasteiger partial charge in [-0.3, -0.25) is 0 Å². The van der Waals surface area contributed by atoms with Crippen molar-refractivity contribution in [3.63, 3.8) is 0 Å². The van der Waals surface area contributed by atoms with Gasteiger partial charge in [0, 0.05) is 21.3 Å². The number of benzene rings is 1. The Balaban J connectivity index is 2.67. The van der Waals surface area contributed by atoms with E-state index >= 15 is 0 Å². The quantitative estimate of drug-likeness (QED) is 0.715. The van der Waals surface area contributed by atoms with Gasteiger partial charge >= 0.3 is 0 Å². The summed E-state index contributed by atoms with van der Waals surface area (Å²) in [6.45, 7) is 10.9. The van der Waals surface area contributed by atoms with Gasteiger partial charge in [0.2, 0.25) is 0 Å². The van der Waals surface area contributed by atoms with Gasteiger partial charge in [0.05, 0.1) is 0 Å². The molecule has 0 aromatic heterocycles. The zero-order chi connectivity index (χ0) is 15.6. The molecular weight excluding hydrogens is 311 g/mol. The smallest absolute Gasteiger partial charge is 0.171 e. The van der Waals surface area contributed by atoms with E-state index in [1.807, 2.05) is 0 Å². The van der Waals surface area contributed by atoms with E-state index in [2.05, 4.69) is 45.3 Å². The molecule has 0 aliphatic heterocycles. The Bertz CT molecular complexity index is 473. The average molecular weight is 333 g/mol. The first-order valence-corrected chi connectivity index (χ1v) is 7.69. The summed E-state index contributed by atoms with van der Waals surface area (Å²) in [5, 5.41) is 8.18. The fraction of sp³-hybridized carbons (Fsp3) is 0.533. The molecule has 1 rings (SSSR count). The number of halogens is 2. The van der Waals surface area contributed by atoms with Crippen molar-refractivity contribution in [2.24, 2.45) is 5.41 Å². The highest BCUT2D eigenvalue weighted by atomic mass is 35.5. The second kappa shape index (κ2) is 6.50. The van der Waals surface area contributed by atoms with Crippen LogP contribution in [0.2, 0.25) is 10.0 Å². The molecule has 0 aliphatic rings. The minimum Gasteiger partial charge on any atom is -0.358 e. The lowest BCUT2D eigenvalue weighted by molar-refractivity contribution is 0.268. The molecule has 0 aliphatic carbocycles. The Morgan fingerprint density at radius 1 is 1.05 bits per heavy atom. The van der Waals surface area contributed by atoms with Crippen molar-refractivity contribution in [1.29, 1.82) is 0 Å². The Hall–Kier alpha value is -0.510. The monoisotopic (exact) mass is 332 g/mol. The largest absolute Gasteiger partial charge is 0.358 e. The third-order valence-electron chi connectivity index (χ3n) is 2.54. The van der Waals surface area contributed by atoms with Crippen molar-refractivity contribution in [2.45, 2.75) is 46.6 Å². The summed E-state index contributed by atoms with van der Waals surface area (Å²) < 4.78 is 0. The van der Waals surface area contributed by atoms with Gasteiger partial charge in [-0.15, -0.1) is 0 Å². The number of nitrogens with one attached hydrogen (secondary N) is 2. The number of hydrogen-bond acceptors (Lipinski definition) is 1. The summed E-state index contributed by atoms with van der Waals surface area (Å²) in [6.07, 6.45) is 0.998. The van der Waals surface area contributed by atoms with Crippen molar-refractivity contribution in [1.82, 2.24) is 5.32 Å². The summed E-state index contributed by atoms with van der Waals surface area (Å²) in [7, 11) is 0. The van der Waals surface area contributed by atoms with E-state index in [0.717, 1.165) is 12.1 Å². The zero-order valence-corrected chi connectivity index (χ0v) is 14.9. The maximum Gasteiger partial charge on any atom is 0.171 e. The molecule has 2 nitrogen and oxygen atoms in total. The molecule has 0 saturated carbocycles. The molecule has 0 atom stereocenters. The van der Waals surface area contributed by atoms with E-state index in [1.165, 1.54) is 0 Å². The van der Waals surface area contributed by atoms with Gasteiger partial charge in [-0.25, -0.2) is 0 Å². The van der Waals surface area contributed by atoms with Crippen LogP contribution in [0.25, 0.3) is 0 Å².